The molecule has 0 aromatic carbocycles. The molecule has 2 aliphatic rings. The standard InChI is InChI=1S/C10H16N4O2/c1-6-4-3-5-7(2)14(6)13-10-11-8(15)9(16)12-10/h6-7H,3-5H2,1-2H3,(H2,11,12,13,15,16). The normalized spacial score (nSPS) is 30.1. The quantitative estimate of drug-likeness (QED) is 0.604. The van der Waals surface area contributed by atoms with E-state index >= 15 is 0 Å². The molecule has 0 saturated carbocycles. The average Bonchev–Trinajstić information content (AvgIpc) is 2.53. The third kappa shape index (κ3) is 2.00. The Morgan fingerprint density at radius 3 is 2.12 bits per heavy atom. The van der Waals surface area contributed by atoms with Crippen molar-refractivity contribution in [3.8, 4) is 0 Å². The summed E-state index contributed by atoms with van der Waals surface area (Å²) in [5.41, 5.74) is 0. The topological polar surface area (TPSA) is 73.8 Å². The summed E-state index contributed by atoms with van der Waals surface area (Å²) < 4.78 is 0. The van der Waals surface area contributed by atoms with Crippen LogP contribution >= 0.6 is 0 Å². The van der Waals surface area contributed by atoms with Gasteiger partial charge in [-0.05, 0) is 33.1 Å². The van der Waals surface area contributed by atoms with E-state index in [4.69, 9.17) is 0 Å². The minimum absolute atomic E-state index is 0.246. The molecule has 2 amide bonds. The van der Waals surface area contributed by atoms with Crippen LogP contribution in [0.5, 0.6) is 0 Å². The van der Waals surface area contributed by atoms with Gasteiger partial charge in [0.2, 0.25) is 5.96 Å². The SMILES string of the molecule is CC1CCCC(C)N1N=C1NC(=O)C(=O)N1. The van der Waals surface area contributed by atoms with Crippen LogP contribution in [0.3, 0.4) is 0 Å². The van der Waals surface area contributed by atoms with Crippen LogP contribution in [0.2, 0.25) is 0 Å². The highest BCUT2D eigenvalue weighted by atomic mass is 16.2. The van der Waals surface area contributed by atoms with Gasteiger partial charge in [0.25, 0.3) is 0 Å². The molecule has 2 N–H and O–H groups in total. The van der Waals surface area contributed by atoms with Gasteiger partial charge < -0.3 is 0 Å². The molecule has 2 unspecified atom stereocenters. The molecule has 2 rings (SSSR count). The summed E-state index contributed by atoms with van der Waals surface area (Å²) in [6.45, 7) is 4.19. The smallest absolute Gasteiger partial charge is 0.288 e. The number of carbonyl (C=O) groups is 2. The van der Waals surface area contributed by atoms with Crippen molar-refractivity contribution in [2.24, 2.45) is 5.10 Å². The Labute approximate surface area is 94.1 Å². The number of hydrogen-bond donors (Lipinski definition) is 2. The van der Waals surface area contributed by atoms with Gasteiger partial charge in [-0.2, -0.15) is 0 Å². The Kier molecular flexibility index (Phi) is 2.80. The van der Waals surface area contributed by atoms with Crippen molar-refractivity contribution in [3.63, 3.8) is 0 Å². The molecule has 2 atom stereocenters. The van der Waals surface area contributed by atoms with Gasteiger partial charge in [0.15, 0.2) is 0 Å². The van der Waals surface area contributed by atoms with Crippen LogP contribution in [0.25, 0.3) is 0 Å². The monoisotopic (exact) mass is 224 g/mol. The van der Waals surface area contributed by atoms with Crippen LogP contribution in [-0.2, 0) is 9.59 Å². The molecule has 0 spiro atoms. The highest BCUT2D eigenvalue weighted by Gasteiger charge is 2.29. The van der Waals surface area contributed by atoms with E-state index in [0.29, 0.717) is 12.1 Å². The highest BCUT2D eigenvalue weighted by Crippen LogP contribution is 2.22. The molecule has 2 heterocycles. The number of rotatable bonds is 1. The van der Waals surface area contributed by atoms with Gasteiger partial charge in [0.1, 0.15) is 0 Å². The van der Waals surface area contributed by atoms with Gasteiger partial charge in [-0.15, -0.1) is 5.10 Å². The molecule has 6 heteroatoms. The van der Waals surface area contributed by atoms with E-state index in [-0.39, 0.29) is 5.96 Å². The number of nitrogens with zero attached hydrogens (tertiary/aromatic N) is 2. The average molecular weight is 224 g/mol. The summed E-state index contributed by atoms with van der Waals surface area (Å²) in [5, 5.41) is 11.0. The van der Waals surface area contributed by atoms with Crippen LogP contribution in [0.15, 0.2) is 5.10 Å². The Morgan fingerprint density at radius 1 is 1.12 bits per heavy atom. The minimum Gasteiger partial charge on any atom is -0.288 e. The van der Waals surface area contributed by atoms with Crippen molar-refractivity contribution in [1.82, 2.24) is 15.6 Å². The first-order valence-electron chi connectivity index (χ1n) is 5.57. The van der Waals surface area contributed by atoms with Crippen molar-refractivity contribution >= 4 is 17.8 Å². The van der Waals surface area contributed by atoms with Gasteiger partial charge in [0.05, 0.1) is 0 Å². The van der Waals surface area contributed by atoms with Crippen molar-refractivity contribution in [2.75, 3.05) is 0 Å². The lowest BCUT2D eigenvalue weighted by Crippen LogP contribution is -2.42. The molecular weight excluding hydrogens is 208 g/mol. The number of nitrogens with one attached hydrogen (secondary N) is 2. The molecule has 2 saturated heterocycles. The Morgan fingerprint density at radius 2 is 1.62 bits per heavy atom. The zero-order valence-electron chi connectivity index (χ0n) is 9.49. The Bertz CT molecular complexity index is 325. The van der Waals surface area contributed by atoms with E-state index in [2.05, 4.69) is 29.6 Å². The molecule has 2 fully saturated rings. The first-order chi connectivity index (χ1) is 7.58. The molecular formula is C10H16N4O2. The number of guanidine groups is 1. The van der Waals surface area contributed by atoms with Gasteiger partial charge in [0, 0.05) is 12.1 Å². The number of hydrazone groups is 1. The zero-order valence-corrected chi connectivity index (χ0v) is 9.49. The van der Waals surface area contributed by atoms with Gasteiger partial charge in [-0.25, -0.2) is 0 Å². The van der Waals surface area contributed by atoms with Crippen LogP contribution < -0.4 is 10.6 Å². The molecule has 16 heavy (non-hydrogen) atoms. The summed E-state index contributed by atoms with van der Waals surface area (Å²) in [5.74, 6) is -1.04. The fourth-order valence-electron chi connectivity index (χ4n) is 2.13. The third-order valence-electron chi connectivity index (χ3n) is 3.03. The summed E-state index contributed by atoms with van der Waals surface area (Å²) in [6.07, 6.45) is 3.37. The fraction of sp³-hybridized carbons (Fsp3) is 0.700. The predicted octanol–water partition coefficient (Wildman–Crippen LogP) is -0.234. The number of carbonyl (C=O) groups excluding carboxylic acids is 2. The summed E-state index contributed by atoms with van der Waals surface area (Å²) in [4.78, 5) is 21.9. The zero-order chi connectivity index (χ0) is 11.7. The Hall–Kier alpha value is -1.59. The lowest BCUT2D eigenvalue weighted by atomic mass is 10.00. The lowest BCUT2D eigenvalue weighted by molar-refractivity contribution is -0.135. The molecule has 2 aliphatic heterocycles. The largest absolute Gasteiger partial charge is 0.316 e. The van der Waals surface area contributed by atoms with E-state index in [1.807, 2.05) is 5.01 Å². The van der Waals surface area contributed by atoms with Gasteiger partial charge >= 0.3 is 11.8 Å². The first kappa shape index (κ1) is 10.9. The van der Waals surface area contributed by atoms with E-state index < -0.39 is 11.8 Å². The van der Waals surface area contributed by atoms with Crippen LogP contribution in [-0.4, -0.2) is 34.9 Å². The molecule has 0 aromatic heterocycles. The molecule has 0 radical (unpaired) electrons. The fourth-order valence-corrected chi connectivity index (χ4v) is 2.13. The maximum Gasteiger partial charge on any atom is 0.316 e. The van der Waals surface area contributed by atoms with Crippen molar-refractivity contribution in [2.45, 2.75) is 45.2 Å². The predicted molar refractivity (Wildman–Crippen MR) is 58.3 cm³/mol. The van der Waals surface area contributed by atoms with Crippen molar-refractivity contribution in [3.05, 3.63) is 0 Å². The maximum absolute atomic E-state index is 11.0. The van der Waals surface area contributed by atoms with Crippen LogP contribution in [0, 0.1) is 0 Å². The van der Waals surface area contributed by atoms with Gasteiger partial charge in [-0.1, -0.05) is 0 Å². The number of amides is 2. The summed E-state index contributed by atoms with van der Waals surface area (Å²) >= 11 is 0. The summed E-state index contributed by atoms with van der Waals surface area (Å²) in [7, 11) is 0. The van der Waals surface area contributed by atoms with E-state index in [1.54, 1.807) is 0 Å². The number of hydrogen-bond acceptors (Lipinski definition) is 4. The molecule has 6 nitrogen and oxygen atoms in total. The second kappa shape index (κ2) is 4.11. The third-order valence-corrected chi connectivity index (χ3v) is 3.03. The van der Waals surface area contributed by atoms with E-state index in [9.17, 15) is 9.59 Å². The second-order valence-corrected chi connectivity index (χ2v) is 4.37. The van der Waals surface area contributed by atoms with Crippen molar-refractivity contribution < 1.29 is 9.59 Å². The van der Waals surface area contributed by atoms with Crippen LogP contribution in [0.1, 0.15) is 33.1 Å². The lowest BCUT2D eigenvalue weighted by Gasteiger charge is -2.36. The van der Waals surface area contributed by atoms with Crippen molar-refractivity contribution in [1.29, 1.82) is 0 Å². The first-order valence-corrected chi connectivity index (χ1v) is 5.57. The van der Waals surface area contributed by atoms with E-state index in [0.717, 1.165) is 12.8 Å². The maximum atomic E-state index is 11.0. The molecule has 0 aromatic rings. The Balaban J connectivity index is 2.10. The molecule has 0 aliphatic carbocycles. The minimum atomic E-state index is -0.643. The number of piperidine rings is 1. The molecule has 88 valence electrons. The summed E-state index contributed by atoms with van der Waals surface area (Å²) in [6, 6.07) is 0.677. The van der Waals surface area contributed by atoms with E-state index in [1.165, 1.54) is 6.42 Å². The second-order valence-electron chi connectivity index (χ2n) is 4.37. The van der Waals surface area contributed by atoms with Crippen LogP contribution in [0.4, 0.5) is 0 Å². The van der Waals surface area contributed by atoms with Gasteiger partial charge in [-0.3, -0.25) is 25.2 Å². The highest BCUT2D eigenvalue weighted by molar-refractivity contribution is 6.45. The molecule has 0 bridgehead atoms.